The summed E-state index contributed by atoms with van der Waals surface area (Å²) in [4.78, 5) is 66.6. The van der Waals surface area contributed by atoms with Crippen LogP contribution < -0.4 is 21.5 Å². The number of aromatic nitrogens is 9. The first-order valence-electron chi connectivity index (χ1n) is 23.1. The maximum Gasteiger partial charge on any atom is 0.276 e. The number of aryl methyl sites for hydroxylation is 4. The van der Waals surface area contributed by atoms with Crippen molar-refractivity contribution in [2.75, 3.05) is 38.0 Å². The molecular weight excluding hydrogens is 783 g/mol. The van der Waals surface area contributed by atoms with E-state index in [4.69, 9.17) is 35.5 Å². The predicted molar refractivity (Wildman–Crippen MR) is 227 cm³/mol. The summed E-state index contributed by atoms with van der Waals surface area (Å²) >= 11 is 0. The fraction of sp³-hybridized carbons (Fsp3) is 0.405. The summed E-state index contributed by atoms with van der Waals surface area (Å²) in [5.74, 6) is -1.81. The lowest BCUT2D eigenvalue weighted by molar-refractivity contribution is -0.0193. The van der Waals surface area contributed by atoms with E-state index in [0.717, 1.165) is 6.92 Å². The Morgan fingerprint density at radius 2 is 1.61 bits per heavy atom. The third-order valence-electron chi connectivity index (χ3n) is 9.71. The molecular formula is C42H51N13O6. The summed E-state index contributed by atoms with van der Waals surface area (Å²) in [6.07, 6.45) is 2.06. The minimum absolute atomic E-state index is 0.0231. The number of nitrogens with two attached hydrogens (primary N) is 2. The third-order valence-corrected chi connectivity index (χ3v) is 9.71. The number of carbonyl (C=O) groups excluding carboxylic acids is 4. The fourth-order valence-corrected chi connectivity index (χ4v) is 6.93. The molecule has 1 aliphatic heterocycles. The van der Waals surface area contributed by atoms with Crippen LogP contribution in [-0.2, 0) is 37.3 Å². The SMILES string of the molecule is [2H]C1([2H])OC([2H])(C)C([2H])([2H])N(CCCOc2cc(C(N)=O)cc3nc(CC(=O)c4cc(C)nn4CC)n(C/C=C/Cn4c(NC(=O)c5cc(C)nn5CC)nc5cc(C(N)=O)cnc54)c23)C1([2H])[2H]. The number of fused-ring (bicyclic) bond motifs is 2. The Morgan fingerprint density at radius 3 is 2.31 bits per heavy atom. The van der Waals surface area contributed by atoms with Gasteiger partial charge in [-0.2, -0.15) is 10.2 Å². The minimum Gasteiger partial charge on any atom is -0.491 e. The number of imidazole rings is 2. The molecule has 1 unspecified atom stereocenters. The number of ketones is 1. The van der Waals surface area contributed by atoms with Crippen molar-refractivity contribution >= 4 is 51.7 Å². The van der Waals surface area contributed by atoms with E-state index in [1.165, 1.54) is 24.4 Å². The van der Waals surface area contributed by atoms with Crippen molar-refractivity contribution in [2.24, 2.45) is 11.5 Å². The van der Waals surface area contributed by atoms with Crippen molar-refractivity contribution in [3.63, 3.8) is 0 Å². The van der Waals surface area contributed by atoms with E-state index in [1.807, 2.05) is 13.8 Å². The summed E-state index contributed by atoms with van der Waals surface area (Å²) in [7, 11) is 0. The fourth-order valence-electron chi connectivity index (χ4n) is 6.93. The van der Waals surface area contributed by atoms with Crippen molar-refractivity contribution in [1.82, 2.24) is 48.5 Å². The van der Waals surface area contributed by atoms with Crippen molar-refractivity contribution < 1.29 is 38.2 Å². The monoisotopic (exact) mass is 840 g/mol. The van der Waals surface area contributed by atoms with E-state index in [1.54, 1.807) is 56.6 Å². The van der Waals surface area contributed by atoms with Crippen LogP contribution >= 0.6 is 0 Å². The van der Waals surface area contributed by atoms with Gasteiger partial charge >= 0.3 is 0 Å². The highest BCUT2D eigenvalue weighted by molar-refractivity contribution is 6.03. The quantitative estimate of drug-likeness (QED) is 0.0641. The second kappa shape index (κ2) is 18.3. The van der Waals surface area contributed by atoms with Gasteiger partial charge in [-0.15, -0.1) is 0 Å². The van der Waals surface area contributed by atoms with Crippen LogP contribution in [-0.4, -0.2) is 111 Å². The topological polar surface area (TPSA) is 238 Å². The number of primary amides is 2. The number of Topliss-reactive ketones (excluding diaryl/α,β-unsaturated/α-hetero) is 1. The molecule has 1 aliphatic rings. The van der Waals surface area contributed by atoms with Crippen molar-refractivity contribution in [3.8, 4) is 5.75 Å². The number of allylic oxidation sites excluding steroid dienone is 2. The van der Waals surface area contributed by atoms with E-state index >= 15 is 0 Å². The Kier molecular flexibility index (Phi) is 10.2. The Bertz CT molecular complexity index is 2970. The van der Waals surface area contributed by atoms with Gasteiger partial charge in [0.05, 0.1) is 52.2 Å². The van der Waals surface area contributed by atoms with Gasteiger partial charge in [0.2, 0.25) is 17.8 Å². The normalized spacial score (nSPS) is 20.0. The second-order valence-corrected chi connectivity index (χ2v) is 14.2. The van der Waals surface area contributed by atoms with Crippen LogP contribution in [0.25, 0.3) is 22.2 Å². The smallest absolute Gasteiger partial charge is 0.276 e. The van der Waals surface area contributed by atoms with Gasteiger partial charge < -0.3 is 25.5 Å². The highest BCUT2D eigenvalue weighted by atomic mass is 16.5. The zero-order chi connectivity index (χ0) is 49.7. The van der Waals surface area contributed by atoms with E-state index in [2.05, 4.69) is 25.5 Å². The Morgan fingerprint density at radius 1 is 0.934 bits per heavy atom. The summed E-state index contributed by atoms with van der Waals surface area (Å²) in [6, 6.07) is 7.64. The molecule has 0 aliphatic carbocycles. The van der Waals surface area contributed by atoms with Gasteiger partial charge in [-0.3, -0.25) is 43.3 Å². The van der Waals surface area contributed by atoms with Crippen molar-refractivity contribution in [2.45, 2.75) is 79.7 Å². The number of benzene rings is 1. The summed E-state index contributed by atoms with van der Waals surface area (Å²) in [5.41, 5.74) is 14.6. The first-order valence-corrected chi connectivity index (χ1v) is 19.6. The number of ether oxygens (including phenoxy) is 2. The zero-order valence-electron chi connectivity index (χ0n) is 41.4. The number of nitrogens with one attached hydrogen (secondary N) is 1. The number of hydrogen-bond acceptors (Lipinski definition) is 12. The maximum absolute atomic E-state index is 14.0. The number of nitrogens with zero attached hydrogens (tertiary/aromatic N) is 10. The minimum atomic E-state index is -3.04. The molecule has 5 N–H and O–H groups in total. The molecule has 1 saturated heterocycles. The highest BCUT2D eigenvalue weighted by Gasteiger charge is 2.24. The molecule has 1 atom stereocenters. The zero-order valence-corrected chi connectivity index (χ0v) is 34.4. The maximum atomic E-state index is 14.0. The van der Waals surface area contributed by atoms with Crippen LogP contribution in [0.15, 0.2) is 48.7 Å². The molecule has 320 valence electrons. The molecule has 1 aromatic carbocycles. The van der Waals surface area contributed by atoms with Crippen LogP contribution in [0, 0.1) is 13.8 Å². The number of rotatable bonds is 18. The van der Waals surface area contributed by atoms with Crippen molar-refractivity contribution in [1.29, 1.82) is 0 Å². The summed E-state index contributed by atoms with van der Waals surface area (Å²) in [5, 5.41) is 11.6. The van der Waals surface area contributed by atoms with Gasteiger partial charge in [0.15, 0.2) is 11.4 Å². The first kappa shape index (κ1) is 34.0. The van der Waals surface area contributed by atoms with Gasteiger partial charge in [-0.05, 0) is 71.4 Å². The molecule has 61 heavy (non-hydrogen) atoms. The van der Waals surface area contributed by atoms with E-state index in [9.17, 15) is 19.2 Å². The molecule has 7 rings (SSSR count). The third kappa shape index (κ3) is 9.37. The largest absolute Gasteiger partial charge is 0.491 e. The predicted octanol–water partition coefficient (Wildman–Crippen LogP) is 3.45. The van der Waals surface area contributed by atoms with Gasteiger partial charge in [-0.25, -0.2) is 15.0 Å². The lowest BCUT2D eigenvalue weighted by atomic mass is 10.1. The molecule has 6 aromatic rings. The van der Waals surface area contributed by atoms with Gasteiger partial charge in [0.25, 0.3) is 5.91 Å². The molecule has 1 fully saturated rings. The van der Waals surface area contributed by atoms with Crippen LogP contribution in [0.2, 0.25) is 0 Å². The molecule has 0 bridgehead atoms. The van der Waals surface area contributed by atoms with Crippen molar-refractivity contribution in [3.05, 3.63) is 88.4 Å². The molecule has 6 heterocycles. The molecule has 19 heteroatoms. The standard InChI is InChI=1S/C42H51N13O6/c1-6-54-32(17-25(3)49-54)34(56)22-36-46-30-19-28(38(43)57)21-35(61-15-10-11-51-14-16-60-27(5)24-51)37(30)52(36)12-8-9-13-53-40-31(20-29(23-45-40)39(44)58)47-42(53)48-41(59)33-18-26(4)50-55(33)7-2/h8-9,17-21,23,27H,6-7,10-16,22,24H2,1-5H3,(H2,43,57)(H2,44,58)(H,47,48,59)/b9-8+/i14D2,16D2,24D2,27D. The van der Waals surface area contributed by atoms with E-state index in [-0.39, 0.29) is 78.0 Å². The average molecular weight is 841 g/mol. The van der Waals surface area contributed by atoms with Gasteiger partial charge in [-0.1, -0.05) is 12.2 Å². The molecule has 0 saturated carbocycles. The lowest BCUT2D eigenvalue weighted by Gasteiger charge is -2.30. The van der Waals surface area contributed by atoms with Gasteiger partial charge in [0, 0.05) is 63.0 Å². The van der Waals surface area contributed by atoms with Crippen LogP contribution in [0.5, 0.6) is 5.75 Å². The van der Waals surface area contributed by atoms with Crippen LogP contribution in [0.1, 0.15) is 95.7 Å². The first-order chi connectivity index (χ1) is 31.9. The molecule has 19 nitrogen and oxygen atoms in total. The number of morpholine rings is 1. The molecule has 3 amide bonds. The lowest BCUT2D eigenvalue weighted by Crippen LogP contribution is -2.41. The number of carbonyl (C=O) groups is 4. The Balaban J connectivity index is 1.24. The summed E-state index contributed by atoms with van der Waals surface area (Å²) < 4.78 is 76.3. The molecule has 0 spiro atoms. The molecule has 0 radical (unpaired) electrons. The number of hydrogen-bond donors (Lipinski definition) is 3. The number of pyridine rings is 1. The number of anilines is 1. The summed E-state index contributed by atoms with van der Waals surface area (Å²) in [6.45, 7) is -0.132. The second-order valence-electron chi connectivity index (χ2n) is 14.2. The van der Waals surface area contributed by atoms with Crippen LogP contribution in [0.4, 0.5) is 5.95 Å². The Hall–Kier alpha value is -6.73. The number of amides is 3. The van der Waals surface area contributed by atoms with Gasteiger partial charge in [0.1, 0.15) is 34.0 Å². The highest BCUT2D eigenvalue weighted by Crippen LogP contribution is 2.30. The van der Waals surface area contributed by atoms with Crippen LogP contribution in [0.3, 0.4) is 0 Å². The average Bonchev–Trinajstić information content (AvgIpc) is 4.02. The van der Waals surface area contributed by atoms with E-state index in [0.29, 0.717) is 51.9 Å². The molecule has 5 aromatic heterocycles. The Labute approximate surface area is 361 Å². The van der Waals surface area contributed by atoms with E-state index < -0.39 is 49.9 Å².